The second-order valence-electron chi connectivity index (χ2n) is 8.68. The first-order valence-electron chi connectivity index (χ1n) is 10.8. The molecule has 0 aliphatic carbocycles. The number of fused-ring (bicyclic) bond motifs is 1. The molecule has 34 heavy (non-hydrogen) atoms. The molecule has 0 aliphatic rings. The molecule has 1 unspecified atom stereocenters. The monoisotopic (exact) mass is 468 g/mol. The highest BCUT2D eigenvalue weighted by Crippen LogP contribution is 2.23. The van der Waals surface area contributed by atoms with Crippen molar-refractivity contribution >= 4 is 34.7 Å². The molecule has 0 saturated heterocycles. The molecule has 2 amide bonds. The van der Waals surface area contributed by atoms with Crippen LogP contribution in [-0.2, 0) is 25.6 Å². The van der Waals surface area contributed by atoms with Crippen LogP contribution in [0.1, 0.15) is 40.2 Å². The smallest absolute Gasteiger partial charge is 0.413 e. The molecular weight excluding hydrogens is 436 g/mol. The number of ether oxygens (including phenoxy) is 2. The van der Waals surface area contributed by atoms with Crippen molar-refractivity contribution in [3.05, 3.63) is 59.9 Å². The van der Waals surface area contributed by atoms with Crippen LogP contribution in [0.2, 0.25) is 0 Å². The van der Waals surface area contributed by atoms with E-state index in [9.17, 15) is 14.4 Å². The molecule has 1 aromatic heterocycles. The standard InChI is InChI=1S/C25H32N4O5/c1-16(23(31)33-6)21(8-7-13-26)29(17(2)30)15-18-9-10-19-11-12-22(27-20(19)14-18)28-24(32)34-25(3,4)5/h7-14,16H,15,26H2,1-6H3,(H,27,28,32)/b13-7-,21-8+. The van der Waals surface area contributed by atoms with Crippen LogP contribution < -0.4 is 11.1 Å². The zero-order chi connectivity index (χ0) is 25.5. The number of allylic oxidation sites excluding steroid dienone is 2. The molecule has 0 aliphatic heterocycles. The number of methoxy groups -OCH3 is 1. The summed E-state index contributed by atoms with van der Waals surface area (Å²) in [5.41, 5.74) is 6.70. The molecule has 0 saturated carbocycles. The average molecular weight is 469 g/mol. The Morgan fingerprint density at radius 2 is 1.88 bits per heavy atom. The van der Waals surface area contributed by atoms with Crippen LogP contribution in [0.25, 0.3) is 10.9 Å². The maximum absolute atomic E-state index is 12.5. The normalized spacial score (nSPS) is 12.9. The first-order chi connectivity index (χ1) is 15.9. The molecule has 2 aromatic rings. The second-order valence-corrected chi connectivity index (χ2v) is 8.68. The summed E-state index contributed by atoms with van der Waals surface area (Å²) < 4.78 is 10.1. The Morgan fingerprint density at radius 1 is 1.21 bits per heavy atom. The third-order valence-electron chi connectivity index (χ3n) is 4.79. The summed E-state index contributed by atoms with van der Waals surface area (Å²) in [6.45, 7) is 8.62. The van der Waals surface area contributed by atoms with Crippen LogP contribution >= 0.6 is 0 Å². The van der Waals surface area contributed by atoms with Crippen molar-refractivity contribution in [2.45, 2.75) is 46.8 Å². The zero-order valence-electron chi connectivity index (χ0n) is 20.4. The van der Waals surface area contributed by atoms with Crippen molar-refractivity contribution in [1.29, 1.82) is 0 Å². The number of pyridine rings is 1. The van der Waals surface area contributed by atoms with Gasteiger partial charge in [-0.1, -0.05) is 12.1 Å². The van der Waals surface area contributed by atoms with Gasteiger partial charge in [0.2, 0.25) is 5.91 Å². The lowest BCUT2D eigenvalue weighted by atomic mass is 10.0. The number of carbonyl (C=O) groups is 3. The van der Waals surface area contributed by atoms with Gasteiger partial charge in [-0.25, -0.2) is 9.78 Å². The van der Waals surface area contributed by atoms with E-state index in [1.54, 1.807) is 45.9 Å². The number of benzene rings is 1. The molecule has 1 atom stereocenters. The number of anilines is 1. The van der Waals surface area contributed by atoms with Gasteiger partial charge in [0.05, 0.1) is 25.1 Å². The number of carbonyl (C=O) groups excluding carboxylic acids is 3. The summed E-state index contributed by atoms with van der Waals surface area (Å²) in [6, 6.07) is 9.09. The number of aromatic nitrogens is 1. The highest BCUT2D eigenvalue weighted by atomic mass is 16.6. The Hall–Kier alpha value is -3.88. The molecule has 1 aromatic carbocycles. The van der Waals surface area contributed by atoms with Crippen LogP contribution in [0.3, 0.4) is 0 Å². The molecule has 3 N–H and O–H groups in total. The van der Waals surface area contributed by atoms with Crippen molar-refractivity contribution in [2.24, 2.45) is 11.7 Å². The third kappa shape index (κ3) is 7.33. The fourth-order valence-corrected chi connectivity index (χ4v) is 3.23. The van der Waals surface area contributed by atoms with E-state index in [0.717, 1.165) is 10.9 Å². The Morgan fingerprint density at radius 3 is 2.47 bits per heavy atom. The van der Waals surface area contributed by atoms with E-state index in [0.29, 0.717) is 17.0 Å². The van der Waals surface area contributed by atoms with Crippen molar-refractivity contribution in [1.82, 2.24) is 9.88 Å². The van der Waals surface area contributed by atoms with Crippen LogP contribution in [0, 0.1) is 5.92 Å². The average Bonchev–Trinajstić information content (AvgIpc) is 2.75. The van der Waals surface area contributed by atoms with Gasteiger partial charge in [-0.05, 0) is 69.8 Å². The van der Waals surface area contributed by atoms with E-state index < -0.39 is 23.6 Å². The van der Waals surface area contributed by atoms with Gasteiger partial charge in [0.1, 0.15) is 11.4 Å². The summed E-state index contributed by atoms with van der Waals surface area (Å²) in [7, 11) is 1.30. The van der Waals surface area contributed by atoms with Gasteiger partial charge in [0.15, 0.2) is 0 Å². The molecule has 9 heteroatoms. The molecule has 0 spiro atoms. The van der Waals surface area contributed by atoms with E-state index in [2.05, 4.69) is 10.3 Å². The maximum Gasteiger partial charge on any atom is 0.413 e. The summed E-state index contributed by atoms with van der Waals surface area (Å²) in [5, 5.41) is 3.49. The van der Waals surface area contributed by atoms with E-state index >= 15 is 0 Å². The minimum atomic E-state index is -0.687. The first-order valence-corrected chi connectivity index (χ1v) is 10.8. The fourth-order valence-electron chi connectivity index (χ4n) is 3.23. The summed E-state index contributed by atoms with van der Waals surface area (Å²) >= 11 is 0. The Bertz CT molecular complexity index is 1120. The third-order valence-corrected chi connectivity index (χ3v) is 4.79. The van der Waals surface area contributed by atoms with Crippen LogP contribution in [-0.4, -0.2) is 40.6 Å². The molecular formula is C25H32N4O5. The number of nitrogens with one attached hydrogen (secondary N) is 1. The van der Waals surface area contributed by atoms with Crippen LogP contribution in [0.4, 0.5) is 10.6 Å². The van der Waals surface area contributed by atoms with E-state index in [1.807, 2.05) is 24.3 Å². The Labute approximate surface area is 199 Å². The van der Waals surface area contributed by atoms with Crippen LogP contribution in [0.5, 0.6) is 0 Å². The minimum Gasteiger partial charge on any atom is -0.469 e. The van der Waals surface area contributed by atoms with E-state index in [1.165, 1.54) is 25.1 Å². The molecule has 0 fully saturated rings. The molecule has 9 nitrogen and oxygen atoms in total. The summed E-state index contributed by atoms with van der Waals surface area (Å²) in [5.74, 6) is -1.06. The Balaban J connectivity index is 2.36. The minimum absolute atomic E-state index is 0.197. The van der Waals surface area contributed by atoms with Crippen molar-refractivity contribution in [3.8, 4) is 0 Å². The van der Waals surface area contributed by atoms with Gasteiger partial charge < -0.3 is 20.1 Å². The highest BCUT2D eigenvalue weighted by Gasteiger charge is 2.26. The number of nitrogens with zero attached hydrogens (tertiary/aromatic N) is 2. The number of amides is 2. The lowest BCUT2D eigenvalue weighted by Crippen LogP contribution is -2.33. The number of nitrogens with two attached hydrogens (primary N) is 1. The lowest BCUT2D eigenvalue weighted by Gasteiger charge is -2.27. The largest absolute Gasteiger partial charge is 0.469 e. The van der Waals surface area contributed by atoms with E-state index in [4.69, 9.17) is 15.2 Å². The van der Waals surface area contributed by atoms with Gasteiger partial charge in [0, 0.05) is 18.0 Å². The van der Waals surface area contributed by atoms with Gasteiger partial charge in [-0.2, -0.15) is 0 Å². The van der Waals surface area contributed by atoms with Gasteiger partial charge in [0.25, 0.3) is 0 Å². The first kappa shape index (κ1) is 26.4. The number of hydrogen-bond donors (Lipinski definition) is 2. The number of rotatable bonds is 7. The van der Waals surface area contributed by atoms with Crippen LogP contribution in [0.15, 0.2) is 54.4 Å². The molecule has 1 heterocycles. The molecule has 0 bridgehead atoms. The highest BCUT2D eigenvalue weighted by molar-refractivity contribution is 5.87. The fraction of sp³-hybridized carbons (Fsp3) is 0.360. The van der Waals surface area contributed by atoms with Crippen molar-refractivity contribution < 1.29 is 23.9 Å². The zero-order valence-corrected chi connectivity index (χ0v) is 20.4. The summed E-state index contributed by atoms with van der Waals surface area (Å²) in [6.07, 6.45) is 3.89. The molecule has 2 rings (SSSR count). The molecule has 0 radical (unpaired) electrons. The Kier molecular flexibility index (Phi) is 8.77. The maximum atomic E-state index is 12.5. The SMILES string of the molecule is COC(=O)C(C)/C(=C\C=C/N)N(Cc1ccc2ccc(NC(=O)OC(C)(C)C)nc2c1)C(C)=O. The quantitative estimate of drug-likeness (QED) is 0.463. The molecule has 182 valence electrons. The number of esters is 1. The van der Waals surface area contributed by atoms with Gasteiger partial charge >= 0.3 is 12.1 Å². The second kappa shape index (κ2) is 11.3. The number of hydrogen-bond acceptors (Lipinski definition) is 7. The summed E-state index contributed by atoms with van der Waals surface area (Å²) in [4.78, 5) is 42.8. The van der Waals surface area contributed by atoms with Crippen molar-refractivity contribution in [2.75, 3.05) is 12.4 Å². The topological polar surface area (TPSA) is 124 Å². The van der Waals surface area contributed by atoms with Crippen molar-refractivity contribution in [3.63, 3.8) is 0 Å². The van der Waals surface area contributed by atoms with E-state index in [-0.39, 0.29) is 12.5 Å². The van der Waals surface area contributed by atoms with Gasteiger partial charge in [-0.3, -0.25) is 14.9 Å². The predicted octanol–water partition coefficient (Wildman–Crippen LogP) is 4.10. The predicted molar refractivity (Wildman–Crippen MR) is 130 cm³/mol. The van der Waals surface area contributed by atoms with Gasteiger partial charge in [-0.15, -0.1) is 0 Å². The lowest BCUT2D eigenvalue weighted by molar-refractivity contribution is -0.144.